The highest BCUT2D eigenvalue weighted by molar-refractivity contribution is 6.74. The quantitative estimate of drug-likeness (QED) is 0.341. The molecular formula is C12H23Cl3O2Si. The van der Waals surface area contributed by atoms with Crippen LogP contribution in [0, 0.1) is 0 Å². The molecule has 0 heterocycles. The van der Waals surface area contributed by atoms with Crippen molar-refractivity contribution in [2.24, 2.45) is 0 Å². The van der Waals surface area contributed by atoms with Gasteiger partial charge in [0.15, 0.2) is 8.32 Å². The predicted molar refractivity (Wildman–Crippen MR) is 83.1 cm³/mol. The number of methoxy groups -OCH3 is 1. The largest absolute Gasteiger partial charge is 0.505 e. The predicted octanol–water partition coefficient (Wildman–Crippen LogP) is 5.30. The first-order valence-corrected chi connectivity index (χ1v) is 9.93. The smallest absolute Gasteiger partial charge is 0.215 e. The second-order valence-electron chi connectivity index (χ2n) is 4.23. The Morgan fingerprint density at radius 3 is 1.94 bits per heavy atom. The van der Waals surface area contributed by atoms with Crippen LogP contribution < -0.4 is 0 Å². The number of ether oxygens (including phenoxy) is 1. The van der Waals surface area contributed by atoms with Crippen molar-refractivity contribution in [1.29, 1.82) is 0 Å². The summed E-state index contributed by atoms with van der Waals surface area (Å²) in [5, 5.41) is 0. The molecule has 0 bridgehead atoms. The third kappa shape index (κ3) is 6.16. The van der Waals surface area contributed by atoms with Crippen molar-refractivity contribution in [2.45, 2.75) is 55.2 Å². The Bertz CT molecular complexity index is 242. The fourth-order valence-corrected chi connectivity index (χ4v) is 5.33. The lowest BCUT2D eigenvalue weighted by Crippen LogP contribution is -2.44. The molecule has 2 nitrogen and oxygen atoms in total. The third-order valence-electron chi connectivity index (χ3n) is 3.27. The van der Waals surface area contributed by atoms with Crippen LogP contribution in [0.1, 0.15) is 27.2 Å². The van der Waals surface area contributed by atoms with Crippen LogP contribution >= 0.6 is 34.8 Å². The van der Waals surface area contributed by atoms with E-state index in [2.05, 4.69) is 20.8 Å². The summed E-state index contributed by atoms with van der Waals surface area (Å²) in [6.07, 6.45) is 3.53. The monoisotopic (exact) mass is 332 g/mol. The Labute approximate surface area is 127 Å². The van der Waals surface area contributed by atoms with E-state index in [1.165, 1.54) is 0 Å². The van der Waals surface area contributed by atoms with Gasteiger partial charge in [-0.1, -0.05) is 55.6 Å². The molecule has 0 aromatic heterocycles. The van der Waals surface area contributed by atoms with Crippen molar-refractivity contribution in [3.8, 4) is 0 Å². The van der Waals surface area contributed by atoms with E-state index < -0.39 is 18.2 Å². The van der Waals surface area contributed by atoms with E-state index in [1.807, 2.05) is 6.08 Å². The lowest BCUT2D eigenvalue weighted by molar-refractivity contribution is 0.192. The molecule has 18 heavy (non-hydrogen) atoms. The van der Waals surface area contributed by atoms with Gasteiger partial charge >= 0.3 is 0 Å². The van der Waals surface area contributed by atoms with Crippen molar-refractivity contribution >= 4 is 43.1 Å². The SMILES string of the molecule is CC[Si](CC)(CC)O[C@H](C/C=C\OC)C(Cl)(Cl)Cl. The van der Waals surface area contributed by atoms with Crippen LogP contribution in [0.2, 0.25) is 18.1 Å². The lowest BCUT2D eigenvalue weighted by atomic mass is 10.3. The molecule has 0 aromatic rings. The molecule has 0 aliphatic heterocycles. The summed E-state index contributed by atoms with van der Waals surface area (Å²) in [5.41, 5.74) is 0. The molecule has 108 valence electrons. The van der Waals surface area contributed by atoms with Crippen LogP contribution in [0.3, 0.4) is 0 Å². The number of rotatable bonds is 8. The molecule has 6 heteroatoms. The van der Waals surface area contributed by atoms with Crippen molar-refractivity contribution in [3.05, 3.63) is 12.3 Å². The first kappa shape index (κ1) is 18.6. The Kier molecular flexibility index (Phi) is 8.98. The van der Waals surface area contributed by atoms with Crippen molar-refractivity contribution < 1.29 is 9.16 Å². The summed E-state index contributed by atoms with van der Waals surface area (Å²) in [6, 6.07) is 3.10. The van der Waals surface area contributed by atoms with Crippen LogP contribution in [0.15, 0.2) is 12.3 Å². The fraction of sp³-hybridized carbons (Fsp3) is 0.833. The molecule has 0 unspecified atom stereocenters. The second-order valence-corrected chi connectivity index (χ2v) is 11.3. The van der Waals surface area contributed by atoms with Gasteiger partial charge in [0.25, 0.3) is 0 Å². The standard InChI is InChI=1S/C12H23Cl3O2Si/c1-5-18(6-2,7-3)17-11(12(13,14)15)9-8-10-16-4/h8,10-11H,5-7,9H2,1-4H3/b10-8-/t11-/m1/s1. The highest BCUT2D eigenvalue weighted by Crippen LogP contribution is 2.38. The van der Waals surface area contributed by atoms with Gasteiger partial charge in [0.2, 0.25) is 3.79 Å². The number of halogens is 3. The highest BCUT2D eigenvalue weighted by Gasteiger charge is 2.40. The molecule has 0 aliphatic carbocycles. The van der Waals surface area contributed by atoms with E-state index in [1.54, 1.807) is 13.4 Å². The summed E-state index contributed by atoms with van der Waals surface area (Å²) in [7, 11) is -0.190. The van der Waals surface area contributed by atoms with Crippen LogP contribution in [0.25, 0.3) is 0 Å². The van der Waals surface area contributed by atoms with Crippen LogP contribution in [0.5, 0.6) is 0 Å². The second kappa shape index (κ2) is 8.70. The third-order valence-corrected chi connectivity index (χ3v) is 8.65. The molecule has 0 saturated carbocycles. The van der Waals surface area contributed by atoms with E-state index in [0.29, 0.717) is 6.42 Å². The Morgan fingerprint density at radius 2 is 1.61 bits per heavy atom. The highest BCUT2D eigenvalue weighted by atomic mass is 35.6. The number of hydrogen-bond acceptors (Lipinski definition) is 2. The fourth-order valence-electron chi connectivity index (χ4n) is 1.83. The van der Waals surface area contributed by atoms with Gasteiger partial charge in [-0.2, -0.15) is 0 Å². The zero-order valence-corrected chi connectivity index (χ0v) is 14.8. The zero-order valence-electron chi connectivity index (χ0n) is 11.5. The van der Waals surface area contributed by atoms with Gasteiger partial charge < -0.3 is 9.16 Å². The van der Waals surface area contributed by atoms with Crippen molar-refractivity contribution in [2.75, 3.05) is 7.11 Å². The Balaban J connectivity index is 4.82. The molecule has 0 N–H and O–H groups in total. The molecule has 0 aliphatic rings. The van der Waals surface area contributed by atoms with E-state index in [-0.39, 0.29) is 0 Å². The molecule has 0 amide bonds. The molecule has 0 fully saturated rings. The average molecular weight is 334 g/mol. The Morgan fingerprint density at radius 1 is 1.11 bits per heavy atom. The van der Waals surface area contributed by atoms with Crippen LogP contribution in [-0.2, 0) is 9.16 Å². The first-order valence-electron chi connectivity index (χ1n) is 6.27. The van der Waals surface area contributed by atoms with Crippen molar-refractivity contribution in [3.63, 3.8) is 0 Å². The Hall–Kier alpha value is 0.587. The van der Waals surface area contributed by atoms with E-state index in [4.69, 9.17) is 44.0 Å². The maximum absolute atomic E-state index is 6.23. The van der Waals surface area contributed by atoms with Crippen LogP contribution in [0.4, 0.5) is 0 Å². The van der Waals surface area contributed by atoms with Gasteiger partial charge in [-0.25, -0.2) is 0 Å². The van der Waals surface area contributed by atoms with Gasteiger partial charge in [-0.15, -0.1) is 0 Å². The number of hydrogen-bond donors (Lipinski definition) is 0. The molecule has 0 rings (SSSR count). The maximum Gasteiger partial charge on any atom is 0.215 e. The molecule has 0 spiro atoms. The lowest BCUT2D eigenvalue weighted by Gasteiger charge is -2.35. The molecule has 0 aromatic carbocycles. The minimum Gasteiger partial charge on any atom is -0.505 e. The topological polar surface area (TPSA) is 18.5 Å². The van der Waals surface area contributed by atoms with E-state index in [9.17, 15) is 0 Å². The normalized spacial score (nSPS) is 15.1. The van der Waals surface area contributed by atoms with Gasteiger partial charge in [0.1, 0.15) is 0 Å². The van der Waals surface area contributed by atoms with Gasteiger partial charge in [0.05, 0.1) is 19.5 Å². The molecule has 1 atom stereocenters. The molecule has 0 radical (unpaired) electrons. The van der Waals surface area contributed by atoms with Crippen molar-refractivity contribution in [1.82, 2.24) is 0 Å². The summed E-state index contributed by atoms with van der Waals surface area (Å²) >= 11 is 18.0. The van der Waals surface area contributed by atoms with Gasteiger partial charge in [-0.3, -0.25) is 0 Å². The molecule has 0 saturated heterocycles. The number of alkyl halides is 3. The summed E-state index contributed by atoms with van der Waals surface area (Å²) in [5.74, 6) is 0. The summed E-state index contributed by atoms with van der Waals surface area (Å²) in [6.45, 7) is 6.46. The van der Waals surface area contributed by atoms with E-state index >= 15 is 0 Å². The van der Waals surface area contributed by atoms with E-state index in [0.717, 1.165) is 18.1 Å². The van der Waals surface area contributed by atoms with Crippen LogP contribution in [-0.4, -0.2) is 25.3 Å². The van der Waals surface area contributed by atoms with Gasteiger partial charge in [-0.05, 0) is 30.6 Å². The zero-order chi connectivity index (χ0) is 14.2. The summed E-state index contributed by atoms with van der Waals surface area (Å²) < 4.78 is 9.69. The average Bonchev–Trinajstić information content (AvgIpc) is 2.33. The van der Waals surface area contributed by atoms with Gasteiger partial charge in [0, 0.05) is 0 Å². The maximum atomic E-state index is 6.23. The summed E-state index contributed by atoms with van der Waals surface area (Å²) in [4.78, 5) is 0. The minimum absolute atomic E-state index is 0.416. The minimum atomic E-state index is -1.78. The molecular weight excluding hydrogens is 311 g/mol. The first-order chi connectivity index (χ1) is 8.35.